The quantitative estimate of drug-likeness (QED) is 0.595. The van der Waals surface area contributed by atoms with E-state index in [1.807, 2.05) is 13.8 Å². The zero-order valence-electron chi connectivity index (χ0n) is 8.97. The van der Waals surface area contributed by atoms with Crippen molar-refractivity contribution in [1.82, 2.24) is 10.6 Å². The van der Waals surface area contributed by atoms with Crippen LogP contribution in [0.4, 0.5) is 0 Å². The zero-order valence-corrected chi connectivity index (χ0v) is 8.97. The molecule has 0 unspecified atom stereocenters. The van der Waals surface area contributed by atoms with Gasteiger partial charge in [0.2, 0.25) is 5.91 Å². The fourth-order valence-electron chi connectivity index (χ4n) is 1.56. The molecule has 4 heteroatoms. The van der Waals surface area contributed by atoms with Crippen molar-refractivity contribution in [3.05, 3.63) is 0 Å². The van der Waals surface area contributed by atoms with Crippen molar-refractivity contribution >= 4 is 5.91 Å². The Balaban J connectivity index is 2.40. The average molecular weight is 200 g/mol. The smallest absolute Gasteiger partial charge is 0.223 e. The molecular formula is C10H20N2O2. The second kappa shape index (κ2) is 4.75. The van der Waals surface area contributed by atoms with Gasteiger partial charge in [-0.05, 0) is 39.8 Å². The lowest BCUT2D eigenvalue weighted by Crippen LogP contribution is -2.50. The van der Waals surface area contributed by atoms with Gasteiger partial charge in [0.15, 0.2) is 0 Å². The molecule has 0 aromatic rings. The summed E-state index contributed by atoms with van der Waals surface area (Å²) in [6, 6.07) is 0. The number of nitrogens with one attached hydrogen (secondary N) is 2. The molecule has 82 valence electrons. The molecule has 0 aromatic heterocycles. The Kier molecular flexibility index (Phi) is 3.89. The van der Waals surface area contributed by atoms with Crippen molar-refractivity contribution in [3.63, 3.8) is 0 Å². The highest BCUT2D eigenvalue weighted by Crippen LogP contribution is 2.13. The highest BCUT2D eigenvalue weighted by molar-refractivity contribution is 5.79. The Hall–Kier alpha value is -0.610. The molecule has 3 N–H and O–H groups in total. The number of rotatable bonds is 3. The predicted octanol–water partition coefficient (Wildman–Crippen LogP) is -0.127. The second-order valence-corrected chi connectivity index (χ2v) is 4.56. The number of piperidine rings is 1. The van der Waals surface area contributed by atoms with Crippen LogP contribution in [0.5, 0.6) is 0 Å². The molecule has 0 aliphatic carbocycles. The van der Waals surface area contributed by atoms with E-state index in [1.165, 1.54) is 0 Å². The van der Waals surface area contributed by atoms with Gasteiger partial charge in [0.25, 0.3) is 0 Å². The minimum atomic E-state index is -0.498. The van der Waals surface area contributed by atoms with Gasteiger partial charge in [-0.3, -0.25) is 4.79 Å². The summed E-state index contributed by atoms with van der Waals surface area (Å²) in [5, 5.41) is 15.1. The fourth-order valence-corrected chi connectivity index (χ4v) is 1.56. The lowest BCUT2D eigenvalue weighted by atomic mass is 9.95. The van der Waals surface area contributed by atoms with E-state index >= 15 is 0 Å². The van der Waals surface area contributed by atoms with Crippen molar-refractivity contribution in [1.29, 1.82) is 0 Å². The van der Waals surface area contributed by atoms with E-state index in [4.69, 9.17) is 5.11 Å². The van der Waals surface area contributed by atoms with E-state index in [0.29, 0.717) is 0 Å². The van der Waals surface area contributed by atoms with E-state index in [0.717, 1.165) is 25.9 Å². The maximum absolute atomic E-state index is 11.7. The Morgan fingerprint density at radius 3 is 2.57 bits per heavy atom. The molecule has 0 spiro atoms. The standard InChI is InChI=1S/C10H20N2O2/c1-10(2,7-13)12-9(14)8-3-5-11-6-4-8/h8,11,13H,3-7H2,1-2H3,(H,12,14). The van der Waals surface area contributed by atoms with Crippen molar-refractivity contribution in [2.75, 3.05) is 19.7 Å². The molecule has 1 fully saturated rings. The highest BCUT2D eigenvalue weighted by Gasteiger charge is 2.26. The summed E-state index contributed by atoms with van der Waals surface area (Å²) in [5.74, 6) is 0.188. The molecule has 0 atom stereocenters. The van der Waals surface area contributed by atoms with Gasteiger partial charge in [0.05, 0.1) is 12.1 Å². The molecule has 1 rings (SSSR count). The molecular weight excluding hydrogens is 180 g/mol. The van der Waals surface area contributed by atoms with Gasteiger partial charge in [-0.25, -0.2) is 0 Å². The van der Waals surface area contributed by atoms with Crippen LogP contribution in [0.15, 0.2) is 0 Å². The summed E-state index contributed by atoms with van der Waals surface area (Å²) in [6.45, 7) is 5.46. The third-order valence-electron chi connectivity index (χ3n) is 2.57. The van der Waals surface area contributed by atoms with E-state index in [2.05, 4.69) is 10.6 Å². The van der Waals surface area contributed by atoms with Crippen LogP contribution in [0.25, 0.3) is 0 Å². The first-order valence-corrected chi connectivity index (χ1v) is 5.19. The Morgan fingerprint density at radius 1 is 1.50 bits per heavy atom. The minimum absolute atomic E-state index is 0.0241. The maximum atomic E-state index is 11.7. The third kappa shape index (κ3) is 3.27. The first kappa shape index (κ1) is 11.5. The number of carbonyl (C=O) groups excluding carboxylic acids is 1. The van der Waals surface area contributed by atoms with Crippen molar-refractivity contribution in [2.24, 2.45) is 5.92 Å². The summed E-state index contributed by atoms with van der Waals surface area (Å²) < 4.78 is 0. The Labute approximate surface area is 85.1 Å². The van der Waals surface area contributed by atoms with Crippen LogP contribution in [-0.2, 0) is 4.79 Å². The van der Waals surface area contributed by atoms with E-state index in [9.17, 15) is 4.79 Å². The lowest BCUT2D eigenvalue weighted by molar-refractivity contribution is -0.127. The molecule has 1 aliphatic rings. The maximum Gasteiger partial charge on any atom is 0.223 e. The van der Waals surface area contributed by atoms with Crippen LogP contribution in [0, 0.1) is 5.92 Å². The monoisotopic (exact) mass is 200 g/mol. The van der Waals surface area contributed by atoms with Crippen molar-refractivity contribution < 1.29 is 9.90 Å². The van der Waals surface area contributed by atoms with Crippen LogP contribution in [-0.4, -0.2) is 36.2 Å². The fraction of sp³-hybridized carbons (Fsp3) is 0.900. The number of carbonyl (C=O) groups is 1. The van der Waals surface area contributed by atoms with Gasteiger partial charge in [0.1, 0.15) is 0 Å². The van der Waals surface area contributed by atoms with Gasteiger partial charge in [-0.2, -0.15) is 0 Å². The number of amides is 1. The van der Waals surface area contributed by atoms with Crippen LogP contribution >= 0.6 is 0 Å². The molecule has 1 heterocycles. The molecule has 1 aliphatic heterocycles. The molecule has 0 radical (unpaired) electrons. The number of hydrogen-bond donors (Lipinski definition) is 3. The molecule has 0 aromatic carbocycles. The van der Waals surface area contributed by atoms with Gasteiger partial charge in [-0.15, -0.1) is 0 Å². The largest absolute Gasteiger partial charge is 0.394 e. The minimum Gasteiger partial charge on any atom is -0.394 e. The van der Waals surface area contributed by atoms with Gasteiger partial charge >= 0.3 is 0 Å². The Bertz CT molecular complexity index is 198. The van der Waals surface area contributed by atoms with E-state index in [1.54, 1.807) is 0 Å². The first-order valence-electron chi connectivity index (χ1n) is 5.19. The average Bonchev–Trinajstić information content (AvgIpc) is 2.19. The molecule has 14 heavy (non-hydrogen) atoms. The van der Waals surface area contributed by atoms with E-state index < -0.39 is 5.54 Å². The summed E-state index contributed by atoms with van der Waals surface area (Å²) in [7, 11) is 0. The van der Waals surface area contributed by atoms with Crippen LogP contribution in [0.3, 0.4) is 0 Å². The summed E-state index contributed by atoms with van der Waals surface area (Å²) in [5.41, 5.74) is -0.498. The van der Waals surface area contributed by atoms with Crippen LogP contribution in [0.1, 0.15) is 26.7 Å². The van der Waals surface area contributed by atoms with E-state index in [-0.39, 0.29) is 18.4 Å². The lowest BCUT2D eigenvalue weighted by Gasteiger charge is -2.28. The molecule has 1 amide bonds. The Morgan fingerprint density at radius 2 is 2.07 bits per heavy atom. The van der Waals surface area contributed by atoms with Crippen LogP contribution < -0.4 is 10.6 Å². The highest BCUT2D eigenvalue weighted by atomic mass is 16.3. The first-order chi connectivity index (χ1) is 6.55. The SMILES string of the molecule is CC(C)(CO)NC(=O)C1CCNCC1. The van der Waals surface area contributed by atoms with Crippen molar-refractivity contribution in [2.45, 2.75) is 32.2 Å². The number of hydrogen-bond acceptors (Lipinski definition) is 3. The second-order valence-electron chi connectivity index (χ2n) is 4.56. The normalized spacial score (nSPS) is 19.4. The topological polar surface area (TPSA) is 61.4 Å². The van der Waals surface area contributed by atoms with Crippen LogP contribution in [0.2, 0.25) is 0 Å². The number of aliphatic hydroxyl groups excluding tert-OH is 1. The summed E-state index contributed by atoms with van der Waals surface area (Å²) in [4.78, 5) is 11.7. The summed E-state index contributed by atoms with van der Waals surface area (Å²) >= 11 is 0. The van der Waals surface area contributed by atoms with Crippen molar-refractivity contribution in [3.8, 4) is 0 Å². The van der Waals surface area contributed by atoms with Gasteiger partial charge in [-0.1, -0.05) is 0 Å². The molecule has 4 nitrogen and oxygen atoms in total. The molecule has 0 bridgehead atoms. The van der Waals surface area contributed by atoms with Gasteiger partial charge in [0, 0.05) is 5.92 Å². The van der Waals surface area contributed by atoms with Gasteiger partial charge < -0.3 is 15.7 Å². The number of aliphatic hydroxyl groups is 1. The summed E-state index contributed by atoms with van der Waals surface area (Å²) in [6.07, 6.45) is 1.79. The zero-order chi connectivity index (χ0) is 10.6. The third-order valence-corrected chi connectivity index (χ3v) is 2.57. The molecule has 1 saturated heterocycles. The predicted molar refractivity (Wildman–Crippen MR) is 54.9 cm³/mol. The molecule has 0 saturated carbocycles.